The molecule has 1 aromatic carbocycles. The summed E-state index contributed by atoms with van der Waals surface area (Å²) in [7, 11) is -3.45. The highest BCUT2D eigenvalue weighted by molar-refractivity contribution is 7.99. The number of nitrogens with one attached hydrogen (secondary N) is 1. The molecule has 128 valence electrons. The predicted octanol–water partition coefficient (Wildman–Crippen LogP) is 2.80. The molecule has 23 heavy (non-hydrogen) atoms. The maximum absolute atomic E-state index is 12.5. The van der Waals surface area contributed by atoms with Crippen LogP contribution in [0.5, 0.6) is 0 Å². The minimum absolute atomic E-state index is 0.105. The van der Waals surface area contributed by atoms with Crippen molar-refractivity contribution in [1.82, 2.24) is 4.31 Å². The standard InChI is InChI=1S/C16H24N2O3S2/c1-13(2)11-22-12-16(19)17-14-6-5-7-15(10-14)23(20,21)18-8-3-4-9-18/h5-7,10,13H,3-4,8-9,11-12H2,1-2H3,(H,17,19). The summed E-state index contributed by atoms with van der Waals surface area (Å²) in [5, 5.41) is 2.78. The first-order valence-corrected chi connectivity index (χ1v) is 10.5. The summed E-state index contributed by atoms with van der Waals surface area (Å²) in [6.07, 6.45) is 1.81. The molecule has 0 unspecified atom stereocenters. The SMILES string of the molecule is CC(C)CSCC(=O)Nc1cccc(S(=O)(=O)N2CCCC2)c1. The molecule has 0 atom stereocenters. The smallest absolute Gasteiger partial charge is 0.243 e. The van der Waals surface area contributed by atoms with Crippen LogP contribution in [0.25, 0.3) is 0 Å². The molecule has 0 bridgehead atoms. The van der Waals surface area contributed by atoms with Gasteiger partial charge in [0.2, 0.25) is 15.9 Å². The van der Waals surface area contributed by atoms with Gasteiger partial charge in [0.25, 0.3) is 0 Å². The third kappa shape index (κ3) is 5.22. The van der Waals surface area contributed by atoms with Gasteiger partial charge in [0, 0.05) is 18.8 Å². The minimum Gasteiger partial charge on any atom is -0.325 e. The van der Waals surface area contributed by atoms with E-state index in [1.165, 1.54) is 4.31 Å². The molecule has 0 aromatic heterocycles. The molecule has 1 aliphatic heterocycles. The number of hydrogen-bond donors (Lipinski definition) is 1. The van der Waals surface area contributed by atoms with Crippen LogP contribution in [0.2, 0.25) is 0 Å². The number of carbonyl (C=O) groups is 1. The van der Waals surface area contributed by atoms with E-state index in [9.17, 15) is 13.2 Å². The Bertz CT molecular complexity index is 638. The molecule has 1 amide bonds. The van der Waals surface area contributed by atoms with Crippen molar-refractivity contribution in [1.29, 1.82) is 0 Å². The van der Waals surface area contributed by atoms with E-state index < -0.39 is 10.0 Å². The van der Waals surface area contributed by atoms with Crippen LogP contribution in [-0.2, 0) is 14.8 Å². The second kappa shape index (κ2) is 8.17. The lowest BCUT2D eigenvalue weighted by Gasteiger charge is -2.16. The molecule has 7 heteroatoms. The molecule has 1 aliphatic rings. The van der Waals surface area contributed by atoms with Crippen LogP contribution in [0, 0.1) is 5.92 Å². The molecule has 1 saturated heterocycles. The number of benzene rings is 1. The van der Waals surface area contributed by atoms with E-state index in [0.29, 0.717) is 30.4 Å². The second-order valence-corrected chi connectivity index (χ2v) is 9.06. The highest BCUT2D eigenvalue weighted by atomic mass is 32.2. The molecule has 1 aromatic rings. The summed E-state index contributed by atoms with van der Waals surface area (Å²) < 4.78 is 26.6. The Morgan fingerprint density at radius 2 is 2.00 bits per heavy atom. The number of thioether (sulfide) groups is 1. The van der Waals surface area contributed by atoms with E-state index in [4.69, 9.17) is 0 Å². The van der Waals surface area contributed by atoms with Crippen LogP contribution in [0.15, 0.2) is 29.2 Å². The average Bonchev–Trinajstić information content (AvgIpc) is 3.02. The fraction of sp³-hybridized carbons (Fsp3) is 0.562. The van der Waals surface area contributed by atoms with Gasteiger partial charge in [-0.15, -0.1) is 0 Å². The molecule has 0 aliphatic carbocycles. The summed E-state index contributed by atoms with van der Waals surface area (Å²) in [6.45, 7) is 5.37. The van der Waals surface area contributed by atoms with Crippen molar-refractivity contribution in [3.63, 3.8) is 0 Å². The van der Waals surface area contributed by atoms with E-state index in [0.717, 1.165) is 18.6 Å². The zero-order valence-electron chi connectivity index (χ0n) is 13.6. The lowest BCUT2D eigenvalue weighted by atomic mass is 10.3. The number of rotatable bonds is 7. The van der Waals surface area contributed by atoms with Gasteiger partial charge in [-0.05, 0) is 42.7 Å². The van der Waals surface area contributed by atoms with E-state index in [1.807, 2.05) is 0 Å². The zero-order valence-corrected chi connectivity index (χ0v) is 15.3. The molecule has 0 radical (unpaired) electrons. The van der Waals surface area contributed by atoms with E-state index in [1.54, 1.807) is 36.0 Å². The number of nitrogens with zero attached hydrogens (tertiary/aromatic N) is 1. The van der Waals surface area contributed by atoms with E-state index >= 15 is 0 Å². The maximum atomic E-state index is 12.5. The van der Waals surface area contributed by atoms with Gasteiger partial charge in [0.15, 0.2) is 0 Å². The van der Waals surface area contributed by atoms with Crippen LogP contribution in [0.1, 0.15) is 26.7 Å². The van der Waals surface area contributed by atoms with E-state index in [2.05, 4.69) is 19.2 Å². The first kappa shape index (κ1) is 18.3. The van der Waals surface area contributed by atoms with Crippen LogP contribution in [0.4, 0.5) is 5.69 Å². The van der Waals surface area contributed by atoms with Crippen molar-refractivity contribution in [3.05, 3.63) is 24.3 Å². The number of anilines is 1. The van der Waals surface area contributed by atoms with Crippen LogP contribution < -0.4 is 5.32 Å². The molecule has 1 fully saturated rings. The van der Waals surface area contributed by atoms with Crippen molar-refractivity contribution in [3.8, 4) is 0 Å². The van der Waals surface area contributed by atoms with Crippen LogP contribution >= 0.6 is 11.8 Å². The summed E-state index contributed by atoms with van der Waals surface area (Å²) >= 11 is 1.58. The van der Waals surface area contributed by atoms with Crippen molar-refractivity contribution < 1.29 is 13.2 Å². The van der Waals surface area contributed by atoms with Crippen LogP contribution in [-0.4, -0.2) is 43.2 Å². The Balaban J connectivity index is 2.01. The van der Waals surface area contributed by atoms with Gasteiger partial charge in [0.1, 0.15) is 0 Å². The first-order valence-electron chi connectivity index (χ1n) is 7.87. The molecule has 1 N–H and O–H groups in total. The van der Waals surface area contributed by atoms with E-state index in [-0.39, 0.29) is 10.8 Å². The van der Waals surface area contributed by atoms with Gasteiger partial charge in [0.05, 0.1) is 10.6 Å². The van der Waals surface area contributed by atoms with Crippen molar-refractivity contribution in [2.45, 2.75) is 31.6 Å². The van der Waals surface area contributed by atoms with Gasteiger partial charge in [-0.2, -0.15) is 16.1 Å². The van der Waals surface area contributed by atoms with Gasteiger partial charge in [-0.25, -0.2) is 8.42 Å². The maximum Gasteiger partial charge on any atom is 0.243 e. The highest BCUT2D eigenvalue weighted by Gasteiger charge is 2.27. The predicted molar refractivity (Wildman–Crippen MR) is 95.2 cm³/mol. The molecule has 2 rings (SSSR count). The molecular weight excluding hydrogens is 332 g/mol. The fourth-order valence-corrected chi connectivity index (χ4v) is 4.81. The third-order valence-electron chi connectivity index (χ3n) is 3.50. The Kier molecular flexibility index (Phi) is 6.50. The number of sulfonamides is 1. The number of amides is 1. The largest absolute Gasteiger partial charge is 0.325 e. The molecule has 1 heterocycles. The lowest BCUT2D eigenvalue weighted by molar-refractivity contribution is -0.113. The average molecular weight is 357 g/mol. The Morgan fingerprint density at radius 1 is 1.30 bits per heavy atom. The van der Waals surface area contributed by atoms with Crippen molar-refractivity contribution in [2.24, 2.45) is 5.92 Å². The zero-order chi connectivity index (χ0) is 16.9. The molecule has 0 spiro atoms. The summed E-state index contributed by atoms with van der Waals surface area (Å²) in [5.41, 5.74) is 0.528. The topological polar surface area (TPSA) is 66.5 Å². The van der Waals surface area contributed by atoms with Crippen molar-refractivity contribution in [2.75, 3.05) is 29.9 Å². The van der Waals surface area contributed by atoms with Crippen LogP contribution in [0.3, 0.4) is 0 Å². The van der Waals surface area contributed by atoms with Gasteiger partial charge in [-0.3, -0.25) is 4.79 Å². The summed E-state index contributed by atoms with van der Waals surface area (Å²) in [6, 6.07) is 6.50. The minimum atomic E-state index is -3.45. The molecule has 5 nitrogen and oxygen atoms in total. The normalized spacial score (nSPS) is 16.0. The molecular formula is C16H24N2O3S2. The summed E-state index contributed by atoms with van der Waals surface area (Å²) in [4.78, 5) is 12.2. The van der Waals surface area contributed by atoms with Gasteiger partial charge < -0.3 is 5.32 Å². The highest BCUT2D eigenvalue weighted by Crippen LogP contribution is 2.23. The second-order valence-electron chi connectivity index (χ2n) is 6.10. The Labute approximate surface area is 142 Å². The number of hydrogen-bond acceptors (Lipinski definition) is 4. The first-order chi connectivity index (χ1) is 10.9. The Hall–Kier alpha value is -1.05. The quantitative estimate of drug-likeness (QED) is 0.816. The third-order valence-corrected chi connectivity index (χ3v) is 6.77. The number of carbonyl (C=O) groups excluding carboxylic acids is 1. The van der Waals surface area contributed by atoms with Gasteiger partial charge in [-0.1, -0.05) is 19.9 Å². The lowest BCUT2D eigenvalue weighted by Crippen LogP contribution is -2.28. The van der Waals surface area contributed by atoms with Crippen molar-refractivity contribution >= 4 is 33.4 Å². The van der Waals surface area contributed by atoms with Gasteiger partial charge >= 0.3 is 0 Å². The monoisotopic (exact) mass is 356 g/mol. The Morgan fingerprint density at radius 3 is 2.65 bits per heavy atom. The fourth-order valence-electron chi connectivity index (χ4n) is 2.40. The molecule has 0 saturated carbocycles. The summed E-state index contributed by atoms with van der Waals surface area (Å²) in [5.74, 6) is 1.74.